The molecular formula is C36H68O. The molecule has 1 atom stereocenters. The average molecular weight is 517 g/mol. The minimum Gasteiger partial charge on any atom is -0.295 e. The Bertz CT molecular complexity index is 573. The molecule has 1 aliphatic carbocycles. The van der Waals surface area contributed by atoms with Gasteiger partial charge in [-0.1, -0.05) is 168 Å². The molecule has 0 amide bonds. The number of ketones is 1. The zero-order valence-electron chi connectivity index (χ0n) is 26.2. The van der Waals surface area contributed by atoms with Crippen molar-refractivity contribution in [3.8, 4) is 0 Å². The van der Waals surface area contributed by atoms with Crippen LogP contribution in [0, 0.1) is 5.41 Å². The lowest BCUT2D eigenvalue weighted by Crippen LogP contribution is -2.28. The molecule has 0 fully saturated rings. The second-order valence-electron chi connectivity index (χ2n) is 13.0. The van der Waals surface area contributed by atoms with Gasteiger partial charge in [0, 0.05) is 6.42 Å². The fraction of sp³-hybridized carbons (Fsp3) is 0.917. The monoisotopic (exact) mass is 517 g/mol. The smallest absolute Gasteiger partial charge is 0.159 e. The van der Waals surface area contributed by atoms with Crippen molar-refractivity contribution in [2.24, 2.45) is 5.41 Å². The van der Waals surface area contributed by atoms with Crippen LogP contribution in [0.25, 0.3) is 0 Å². The van der Waals surface area contributed by atoms with Gasteiger partial charge in [-0.25, -0.2) is 0 Å². The molecule has 37 heavy (non-hydrogen) atoms. The summed E-state index contributed by atoms with van der Waals surface area (Å²) in [6, 6.07) is 0. The molecule has 1 nitrogen and oxygen atoms in total. The average Bonchev–Trinajstić information content (AvgIpc) is 2.88. The molecule has 1 heteroatoms. The summed E-state index contributed by atoms with van der Waals surface area (Å²) in [6.45, 7) is 9.32. The number of Topliss-reactive ketones (excluding diaryl/α,β-unsaturated/α-hetero) is 1. The first-order chi connectivity index (χ1) is 18.1. The first-order valence-electron chi connectivity index (χ1n) is 17.3. The van der Waals surface area contributed by atoms with Crippen LogP contribution in [-0.4, -0.2) is 5.78 Å². The van der Waals surface area contributed by atoms with E-state index in [1.54, 1.807) is 5.57 Å². The van der Waals surface area contributed by atoms with Gasteiger partial charge in [-0.3, -0.25) is 4.79 Å². The van der Waals surface area contributed by atoms with Gasteiger partial charge in [0.25, 0.3) is 0 Å². The SMILES string of the molecule is CCCCCCCCCCC1=C(CCCCCCCCC)C(=O)CC(C)(CCCCCCCCCC)C1. The van der Waals surface area contributed by atoms with Crippen molar-refractivity contribution in [2.45, 2.75) is 207 Å². The van der Waals surface area contributed by atoms with Crippen LogP contribution >= 0.6 is 0 Å². The van der Waals surface area contributed by atoms with Crippen molar-refractivity contribution in [2.75, 3.05) is 0 Å². The van der Waals surface area contributed by atoms with Crippen molar-refractivity contribution < 1.29 is 4.79 Å². The lowest BCUT2D eigenvalue weighted by Gasteiger charge is -2.36. The van der Waals surface area contributed by atoms with E-state index in [1.807, 2.05) is 0 Å². The Morgan fingerprint density at radius 3 is 1.32 bits per heavy atom. The number of rotatable bonds is 26. The molecule has 0 aromatic carbocycles. The van der Waals surface area contributed by atoms with Crippen molar-refractivity contribution in [3.63, 3.8) is 0 Å². The number of unbranched alkanes of at least 4 members (excludes halogenated alkanes) is 20. The maximum atomic E-state index is 13.4. The van der Waals surface area contributed by atoms with E-state index in [0.717, 1.165) is 12.8 Å². The molecule has 1 rings (SSSR count). The van der Waals surface area contributed by atoms with Gasteiger partial charge in [-0.05, 0) is 49.5 Å². The van der Waals surface area contributed by atoms with E-state index in [1.165, 1.54) is 173 Å². The summed E-state index contributed by atoms with van der Waals surface area (Å²) in [6.07, 6.45) is 36.9. The molecule has 0 saturated carbocycles. The molecule has 0 bridgehead atoms. The quantitative estimate of drug-likeness (QED) is 0.104. The van der Waals surface area contributed by atoms with Gasteiger partial charge < -0.3 is 0 Å². The molecule has 218 valence electrons. The second-order valence-corrected chi connectivity index (χ2v) is 13.0. The zero-order chi connectivity index (χ0) is 27.0. The van der Waals surface area contributed by atoms with Crippen LogP contribution in [-0.2, 0) is 4.79 Å². The molecule has 0 N–H and O–H groups in total. The Hall–Kier alpha value is -0.590. The summed E-state index contributed by atoms with van der Waals surface area (Å²) in [7, 11) is 0. The van der Waals surface area contributed by atoms with Crippen molar-refractivity contribution in [1.82, 2.24) is 0 Å². The number of carbonyl (C=O) groups is 1. The first kappa shape index (κ1) is 34.4. The Balaban J connectivity index is 2.53. The number of hydrogen-bond donors (Lipinski definition) is 0. The van der Waals surface area contributed by atoms with Crippen molar-refractivity contribution in [3.05, 3.63) is 11.1 Å². The minimum atomic E-state index is 0.221. The van der Waals surface area contributed by atoms with E-state index in [9.17, 15) is 4.79 Å². The van der Waals surface area contributed by atoms with Crippen LogP contribution < -0.4 is 0 Å². The molecule has 0 radical (unpaired) electrons. The van der Waals surface area contributed by atoms with Gasteiger partial charge in [0.15, 0.2) is 5.78 Å². The summed E-state index contributed by atoms with van der Waals surface area (Å²) in [5.74, 6) is 0.522. The maximum Gasteiger partial charge on any atom is 0.159 e. The third kappa shape index (κ3) is 17.6. The standard InChI is InChI=1S/C36H68O/c1-5-8-11-14-17-20-22-25-28-33-31-36(4,30-27-24-21-18-15-12-9-6-2)32-35(37)34(33)29-26-23-19-16-13-10-7-3/h5-32H2,1-4H3. The van der Waals surface area contributed by atoms with E-state index in [2.05, 4.69) is 27.7 Å². The number of carbonyl (C=O) groups excluding carboxylic acids is 1. The van der Waals surface area contributed by atoms with Crippen molar-refractivity contribution >= 4 is 5.78 Å². The molecule has 0 saturated heterocycles. The molecule has 0 heterocycles. The molecule has 0 aliphatic heterocycles. The number of allylic oxidation sites excluding steroid dienone is 2. The first-order valence-corrected chi connectivity index (χ1v) is 17.3. The van der Waals surface area contributed by atoms with E-state index in [0.29, 0.717) is 5.78 Å². The maximum absolute atomic E-state index is 13.4. The third-order valence-corrected chi connectivity index (χ3v) is 8.99. The summed E-state index contributed by atoms with van der Waals surface area (Å²) < 4.78 is 0. The number of hydrogen-bond acceptors (Lipinski definition) is 1. The van der Waals surface area contributed by atoms with Crippen LogP contribution in [0.1, 0.15) is 207 Å². The predicted octanol–water partition coefficient (Wildman–Crippen LogP) is 12.9. The van der Waals surface area contributed by atoms with E-state index < -0.39 is 0 Å². The molecule has 0 aromatic rings. The third-order valence-electron chi connectivity index (χ3n) is 8.99. The van der Waals surface area contributed by atoms with Crippen LogP contribution in [0.5, 0.6) is 0 Å². The highest BCUT2D eigenvalue weighted by molar-refractivity contribution is 5.97. The molecule has 1 aliphatic rings. The lowest BCUT2D eigenvalue weighted by molar-refractivity contribution is -0.118. The molecular weight excluding hydrogens is 448 g/mol. The van der Waals surface area contributed by atoms with Crippen LogP contribution in [0.15, 0.2) is 11.1 Å². The van der Waals surface area contributed by atoms with Gasteiger partial charge in [0.2, 0.25) is 0 Å². The second kappa shape index (κ2) is 23.3. The molecule has 0 aromatic heterocycles. The van der Waals surface area contributed by atoms with Gasteiger partial charge in [0.1, 0.15) is 0 Å². The summed E-state index contributed by atoms with van der Waals surface area (Å²) >= 11 is 0. The topological polar surface area (TPSA) is 17.1 Å². The van der Waals surface area contributed by atoms with Gasteiger partial charge >= 0.3 is 0 Å². The van der Waals surface area contributed by atoms with Gasteiger partial charge in [-0.15, -0.1) is 0 Å². The van der Waals surface area contributed by atoms with Crippen LogP contribution in [0.3, 0.4) is 0 Å². The fourth-order valence-electron chi connectivity index (χ4n) is 6.52. The van der Waals surface area contributed by atoms with E-state index in [-0.39, 0.29) is 5.41 Å². The normalized spacial score (nSPS) is 18.2. The highest BCUT2D eigenvalue weighted by atomic mass is 16.1. The Kier molecular flexibility index (Phi) is 21.7. The predicted molar refractivity (Wildman–Crippen MR) is 166 cm³/mol. The Labute approximate surface area is 234 Å². The summed E-state index contributed by atoms with van der Waals surface area (Å²) in [4.78, 5) is 13.4. The van der Waals surface area contributed by atoms with Gasteiger partial charge in [0.05, 0.1) is 0 Å². The summed E-state index contributed by atoms with van der Waals surface area (Å²) in [5.41, 5.74) is 3.08. The van der Waals surface area contributed by atoms with Gasteiger partial charge in [-0.2, -0.15) is 0 Å². The fourth-order valence-corrected chi connectivity index (χ4v) is 6.52. The largest absolute Gasteiger partial charge is 0.295 e. The molecule has 0 spiro atoms. The lowest BCUT2D eigenvalue weighted by atomic mass is 9.68. The van der Waals surface area contributed by atoms with Crippen LogP contribution in [0.2, 0.25) is 0 Å². The summed E-state index contributed by atoms with van der Waals surface area (Å²) in [5, 5.41) is 0. The highest BCUT2D eigenvalue weighted by Crippen LogP contribution is 2.44. The Morgan fingerprint density at radius 2 is 0.865 bits per heavy atom. The minimum absolute atomic E-state index is 0.221. The highest BCUT2D eigenvalue weighted by Gasteiger charge is 2.35. The molecule has 1 unspecified atom stereocenters. The Morgan fingerprint density at radius 1 is 0.486 bits per heavy atom. The zero-order valence-corrected chi connectivity index (χ0v) is 26.2. The van der Waals surface area contributed by atoms with Crippen molar-refractivity contribution in [1.29, 1.82) is 0 Å². The van der Waals surface area contributed by atoms with E-state index in [4.69, 9.17) is 0 Å². The van der Waals surface area contributed by atoms with E-state index >= 15 is 0 Å². The van der Waals surface area contributed by atoms with Crippen LogP contribution in [0.4, 0.5) is 0 Å².